The van der Waals surface area contributed by atoms with E-state index in [1.807, 2.05) is 13.8 Å². The highest BCUT2D eigenvalue weighted by molar-refractivity contribution is 7.17. The Labute approximate surface area is 136 Å². The largest absolute Gasteiger partial charge is 0.493 e. The standard InChI is InChI=1S/C15H16N4O3S/c1-8-9(2)23-15-17-14(18-19(8)15)16-13(20)10-5-6-11(21-3)12(7-10)22-4/h5-7H,1-4H3,(H,16,18,20). The van der Waals surface area contributed by atoms with Gasteiger partial charge in [0, 0.05) is 10.4 Å². The molecule has 7 nitrogen and oxygen atoms in total. The zero-order valence-electron chi connectivity index (χ0n) is 13.2. The molecule has 3 aromatic rings. The Kier molecular flexibility index (Phi) is 3.91. The number of carbonyl (C=O) groups excluding carboxylic acids is 1. The van der Waals surface area contributed by atoms with Gasteiger partial charge in [0.25, 0.3) is 11.9 Å². The number of benzene rings is 1. The molecule has 1 amide bonds. The van der Waals surface area contributed by atoms with E-state index in [9.17, 15) is 4.79 Å². The van der Waals surface area contributed by atoms with E-state index in [1.54, 1.807) is 29.8 Å². The summed E-state index contributed by atoms with van der Waals surface area (Å²) in [6.45, 7) is 3.98. The zero-order valence-corrected chi connectivity index (χ0v) is 14.0. The van der Waals surface area contributed by atoms with Crippen molar-refractivity contribution in [3.8, 4) is 11.5 Å². The van der Waals surface area contributed by atoms with Crippen molar-refractivity contribution in [2.24, 2.45) is 0 Å². The van der Waals surface area contributed by atoms with Crippen LogP contribution in [0.4, 0.5) is 5.95 Å². The van der Waals surface area contributed by atoms with Crippen LogP contribution in [0.25, 0.3) is 4.96 Å². The average Bonchev–Trinajstić information content (AvgIpc) is 3.05. The van der Waals surface area contributed by atoms with Gasteiger partial charge >= 0.3 is 0 Å². The molecule has 0 bridgehead atoms. The van der Waals surface area contributed by atoms with Gasteiger partial charge in [0.15, 0.2) is 11.5 Å². The van der Waals surface area contributed by atoms with Gasteiger partial charge in [-0.25, -0.2) is 4.52 Å². The van der Waals surface area contributed by atoms with E-state index in [1.165, 1.54) is 18.4 Å². The van der Waals surface area contributed by atoms with Gasteiger partial charge in [0.1, 0.15) is 0 Å². The van der Waals surface area contributed by atoms with Crippen LogP contribution >= 0.6 is 11.3 Å². The first-order chi connectivity index (χ1) is 11.0. The quantitative estimate of drug-likeness (QED) is 0.795. The fourth-order valence-electron chi connectivity index (χ4n) is 2.15. The first-order valence-electron chi connectivity index (χ1n) is 6.89. The lowest BCUT2D eigenvalue weighted by molar-refractivity contribution is 0.102. The van der Waals surface area contributed by atoms with E-state index in [4.69, 9.17) is 9.47 Å². The lowest BCUT2D eigenvalue weighted by Crippen LogP contribution is -2.13. The number of nitrogens with zero attached hydrogens (tertiary/aromatic N) is 3. The molecule has 0 aliphatic rings. The van der Waals surface area contributed by atoms with Crippen LogP contribution in [0.3, 0.4) is 0 Å². The van der Waals surface area contributed by atoms with Crippen molar-refractivity contribution in [3.05, 3.63) is 34.3 Å². The number of hydrogen-bond acceptors (Lipinski definition) is 6. The van der Waals surface area contributed by atoms with Crippen LogP contribution in [0.5, 0.6) is 11.5 Å². The summed E-state index contributed by atoms with van der Waals surface area (Å²) in [7, 11) is 3.07. The Morgan fingerprint density at radius 1 is 1.22 bits per heavy atom. The molecule has 0 atom stereocenters. The number of ether oxygens (including phenoxy) is 2. The predicted octanol–water partition coefficient (Wildman–Crippen LogP) is 2.68. The van der Waals surface area contributed by atoms with Gasteiger partial charge < -0.3 is 9.47 Å². The molecule has 3 rings (SSSR count). The summed E-state index contributed by atoms with van der Waals surface area (Å²) < 4.78 is 12.1. The number of hydrogen-bond donors (Lipinski definition) is 1. The van der Waals surface area contributed by atoms with Crippen LogP contribution in [0.1, 0.15) is 20.9 Å². The molecule has 0 fully saturated rings. The Morgan fingerprint density at radius 2 is 1.96 bits per heavy atom. The number of amides is 1. The summed E-state index contributed by atoms with van der Waals surface area (Å²) in [6.07, 6.45) is 0. The van der Waals surface area contributed by atoms with Crippen molar-refractivity contribution in [3.63, 3.8) is 0 Å². The summed E-state index contributed by atoms with van der Waals surface area (Å²) in [5.74, 6) is 1.03. The smallest absolute Gasteiger partial charge is 0.258 e. The van der Waals surface area contributed by atoms with Gasteiger partial charge in [-0.2, -0.15) is 4.98 Å². The fraction of sp³-hybridized carbons (Fsp3) is 0.267. The normalized spacial score (nSPS) is 10.8. The van der Waals surface area contributed by atoms with E-state index in [0.29, 0.717) is 17.1 Å². The highest BCUT2D eigenvalue weighted by atomic mass is 32.1. The van der Waals surface area contributed by atoms with E-state index in [2.05, 4.69) is 15.4 Å². The van der Waals surface area contributed by atoms with Crippen molar-refractivity contribution in [2.45, 2.75) is 13.8 Å². The van der Waals surface area contributed by atoms with Gasteiger partial charge in [0.2, 0.25) is 4.96 Å². The van der Waals surface area contributed by atoms with Gasteiger partial charge in [0.05, 0.1) is 19.9 Å². The summed E-state index contributed by atoms with van der Waals surface area (Å²) in [5.41, 5.74) is 1.46. The molecule has 8 heteroatoms. The minimum Gasteiger partial charge on any atom is -0.493 e. The Balaban J connectivity index is 1.85. The van der Waals surface area contributed by atoms with Gasteiger partial charge in [-0.1, -0.05) is 11.3 Å². The first kappa shape index (κ1) is 15.3. The van der Waals surface area contributed by atoms with Crippen molar-refractivity contribution in [1.29, 1.82) is 0 Å². The van der Waals surface area contributed by atoms with Crippen LogP contribution in [-0.2, 0) is 0 Å². The Bertz CT molecular complexity index is 884. The molecule has 0 saturated heterocycles. The molecule has 0 aliphatic carbocycles. The molecule has 0 aliphatic heterocycles. The highest BCUT2D eigenvalue weighted by Gasteiger charge is 2.15. The third-order valence-electron chi connectivity index (χ3n) is 3.52. The summed E-state index contributed by atoms with van der Waals surface area (Å²) >= 11 is 1.54. The molecule has 23 heavy (non-hydrogen) atoms. The lowest BCUT2D eigenvalue weighted by atomic mass is 10.2. The first-order valence-corrected chi connectivity index (χ1v) is 7.71. The van der Waals surface area contributed by atoms with Crippen molar-refractivity contribution < 1.29 is 14.3 Å². The minimum atomic E-state index is -0.307. The topological polar surface area (TPSA) is 77.8 Å². The highest BCUT2D eigenvalue weighted by Crippen LogP contribution is 2.28. The number of aryl methyl sites for hydroxylation is 2. The summed E-state index contributed by atoms with van der Waals surface area (Å²) in [5, 5.41) is 7.00. The maximum atomic E-state index is 12.3. The van der Waals surface area contributed by atoms with Crippen molar-refractivity contribution in [2.75, 3.05) is 19.5 Å². The predicted molar refractivity (Wildman–Crippen MR) is 87.8 cm³/mol. The van der Waals surface area contributed by atoms with Crippen LogP contribution in [-0.4, -0.2) is 34.7 Å². The van der Waals surface area contributed by atoms with Crippen molar-refractivity contribution in [1.82, 2.24) is 14.6 Å². The van der Waals surface area contributed by atoms with Crippen LogP contribution in [0.2, 0.25) is 0 Å². The second-order valence-electron chi connectivity index (χ2n) is 4.90. The maximum Gasteiger partial charge on any atom is 0.258 e. The number of thiazole rings is 1. The molecule has 120 valence electrons. The third kappa shape index (κ3) is 2.72. The molecule has 1 N–H and O–H groups in total. The van der Waals surface area contributed by atoms with Crippen LogP contribution < -0.4 is 14.8 Å². The molecule has 2 heterocycles. The zero-order chi connectivity index (χ0) is 16.6. The minimum absolute atomic E-state index is 0.277. The molecule has 2 aromatic heterocycles. The molecule has 0 unspecified atom stereocenters. The lowest BCUT2D eigenvalue weighted by Gasteiger charge is -2.08. The van der Waals surface area contributed by atoms with Crippen LogP contribution in [0, 0.1) is 13.8 Å². The van der Waals surface area contributed by atoms with E-state index >= 15 is 0 Å². The average molecular weight is 332 g/mol. The molecular formula is C15H16N4O3S. The number of carbonyl (C=O) groups is 1. The molecule has 0 saturated carbocycles. The number of aromatic nitrogens is 3. The monoisotopic (exact) mass is 332 g/mol. The van der Waals surface area contributed by atoms with E-state index in [-0.39, 0.29) is 11.9 Å². The Hall–Kier alpha value is -2.61. The molecule has 0 spiro atoms. The van der Waals surface area contributed by atoms with E-state index in [0.717, 1.165) is 15.5 Å². The summed E-state index contributed by atoms with van der Waals surface area (Å²) in [6, 6.07) is 4.95. The fourth-order valence-corrected chi connectivity index (χ4v) is 3.05. The molecule has 0 radical (unpaired) electrons. The molecule has 1 aromatic carbocycles. The van der Waals surface area contributed by atoms with Gasteiger partial charge in [-0.3, -0.25) is 10.1 Å². The second-order valence-corrected chi connectivity index (χ2v) is 6.08. The number of methoxy groups -OCH3 is 2. The Morgan fingerprint density at radius 3 is 2.61 bits per heavy atom. The summed E-state index contributed by atoms with van der Waals surface area (Å²) in [4.78, 5) is 18.6. The van der Waals surface area contributed by atoms with Gasteiger partial charge in [-0.05, 0) is 32.0 Å². The number of anilines is 1. The van der Waals surface area contributed by atoms with E-state index < -0.39 is 0 Å². The molecular weight excluding hydrogens is 316 g/mol. The third-order valence-corrected chi connectivity index (χ3v) is 4.57. The number of nitrogens with one attached hydrogen (secondary N) is 1. The SMILES string of the molecule is COc1ccc(C(=O)Nc2nc3sc(C)c(C)n3n2)cc1OC. The van der Waals surface area contributed by atoms with Gasteiger partial charge in [-0.15, -0.1) is 5.10 Å². The number of fused-ring (bicyclic) bond motifs is 1. The van der Waals surface area contributed by atoms with Crippen LogP contribution in [0.15, 0.2) is 18.2 Å². The number of rotatable bonds is 4. The second kappa shape index (κ2) is 5.88. The van der Waals surface area contributed by atoms with Crippen molar-refractivity contribution >= 4 is 28.2 Å². The maximum absolute atomic E-state index is 12.3.